The number of allylic oxidation sites excluding steroid dienone is 2. The summed E-state index contributed by atoms with van der Waals surface area (Å²) in [5, 5.41) is 3.16. The Morgan fingerprint density at radius 1 is 1.62 bits per heavy atom. The molecule has 0 saturated carbocycles. The molecular weight excluding hydrogens is 98.1 g/mol. The molecule has 1 heteroatoms. The highest BCUT2D eigenvalue weighted by molar-refractivity contribution is 5.21. The van der Waals surface area contributed by atoms with Crippen molar-refractivity contribution in [3.05, 3.63) is 23.9 Å². The number of rotatable bonds is 0. The molecule has 0 saturated heterocycles. The normalized spacial score (nSPS) is 26.8. The summed E-state index contributed by atoms with van der Waals surface area (Å²) in [6.45, 7) is 4.24. The van der Waals surface area contributed by atoms with Crippen LogP contribution in [0.4, 0.5) is 0 Å². The molecule has 0 amide bonds. The summed E-state index contributed by atoms with van der Waals surface area (Å²) in [6, 6.07) is 0.514. The summed E-state index contributed by atoms with van der Waals surface area (Å²) < 4.78 is 0. The SMILES string of the molecule is CC1=CC(C)NC=C1. The lowest BCUT2D eigenvalue weighted by Crippen LogP contribution is -2.20. The van der Waals surface area contributed by atoms with Gasteiger partial charge in [-0.2, -0.15) is 0 Å². The Kier molecular flexibility index (Phi) is 1.38. The van der Waals surface area contributed by atoms with Gasteiger partial charge in [-0.05, 0) is 26.1 Å². The van der Waals surface area contributed by atoms with E-state index in [1.807, 2.05) is 6.20 Å². The van der Waals surface area contributed by atoms with Gasteiger partial charge in [0.25, 0.3) is 0 Å². The first-order valence-corrected chi connectivity index (χ1v) is 2.90. The summed E-state index contributed by atoms with van der Waals surface area (Å²) >= 11 is 0. The highest BCUT2D eigenvalue weighted by Crippen LogP contribution is 2.01. The third-order valence-electron chi connectivity index (χ3n) is 1.22. The van der Waals surface area contributed by atoms with Crippen molar-refractivity contribution in [3.63, 3.8) is 0 Å². The fraction of sp³-hybridized carbons (Fsp3) is 0.429. The zero-order valence-electron chi connectivity index (χ0n) is 5.31. The van der Waals surface area contributed by atoms with Gasteiger partial charge in [0.2, 0.25) is 0 Å². The molecule has 0 spiro atoms. The fourth-order valence-corrected chi connectivity index (χ4v) is 0.829. The predicted octanol–water partition coefficient (Wildman–Crippen LogP) is 1.44. The van der Waals surface area contributed by atoms with Gasteiger partial charge in [0, 0.05) is 6.04 Å². The lowest BCUT2D eigenvalue weighted by Gasteiger charge is -2.11. The molecule has 8 heavy (non-hydrogen) atoms. The number of hydrogen-bond donors (Lipinski definition) is 1. The van der Waals surface area contributed by atoms with E-state index in [-0.39, 0.29) is 0 Å². The molecule has 1 heterocycles. The summed E-state index contributed by atoms with van der Waals surface area (Å²) in [5.74, 6) is 0. The van der Waals surface area contributed by atoms with Crippen LogP contribution in [0.3, 0.4) is 0 Å². The van der Waals surface area contributed by atoms with Gasteiger partial charge in [0.05, 0.1) is 0 Å². The second-order valence-electron chi connectivity index (χ2n) is 2.20. The molecule has 0 bridgehead atoms. The Hall–Kier alpha value is -0.720. The van der Waals surface area contributed by atoms with E-state index in [9.17, 15) is 0 Å². The molecule has 1 N–H and O–H groups in total. The highest BCUT2D eigenvalue weighted by atomic mass is 14.9. The Balaban J connectivity index is 2.63. The molecule has 0 aromatic carbocycles. The van der Waals surface area contributed by atoms with E-state index in [1.165, 1.54) is 5.57 Å². The van der Waals surface area contributed by atoms with Gasteiger partial charge in [-0.1, -0.05) is 11.6 Å². The molecule has 1 aliphatic heterocycles. The smallest absolute Gasteiger partial charge is 0.0416 e. The van der Waals surface area contributed by atoms with Crippen LogP contribution in [0.25, 0.3) is 0 Å². The van der Waals surface area contributed by atoms with Crippen LogP contribution in [0.1, 0.15) is 13.8 Å². The first-order valence-electron chi connectivity index (χ1n) is 2.90. The van der Waals surface area contributed by atoms with Crippen LogP contribution < -0.4 is 5.32 Å². The maximum atomic E-state index is 3.16. The monoisotopic (exact) mass is 109 g/mol. The highest BCUT2D eigenvalue weighted by Gasteiger charge is 1.96. The Morgan fingerprint density at radius 2 is 2.38 bits per heavy atom. The van der Waals surface area contributed by atoms with Gasteiger partial charge in [-0.3, -0.25) is 0 Å². The molecule has 0 aromatic rings. The van der Waals surface area contributed by atoms with Gasteiger partial charge in [-0.15, -0.1) is 0 Å². The maximum absolute atomic E-state index is 3.16. The number of nitrogens with one attached hydrogen (secondary N) is 1. The van der Waals surface area contributed by atoms with Crippen LogP contribution in [0.5, 0.6) is 0 Å². The summed E-state index contributed by atoms with van der Waals surface area (Å²) in [4.78, 5) is 0. The van der Waals surface area contributed by atoms with Gasteiger partial charge in [0.15, 0.2) is 0 Å². The van der Waals surface area contributed by atoms with Crippen LogP contribution in [0.2, 0.25) is 0 Å². The van der Waals surface area contributed by atoms with E-state index in [2.05, 4.69) is 31.3 Å². The Bertz CT molecular complexity index is 133. The third-order valence-corrected chi connectivity index (χ3v) is 1.22. The molecule has 0 fully saturated rings. The number of dihydropyridines is 1. The molecule has 0 radical (unpaired) electrons. The van der Waals surface area contributed by atoms with Crippen LogP contribution in [0, 0.1) is 0 Å². The predicted molar refractivity (Wildman–Crippen MR) is 35.5 cm³/mol. The van der Waals surface area contributed by atoms with E-state index in [0.29, 0.717) is 6.04 Å². The largest absolute Gasteiger partial charge is 0.385 e. The first kappa shape index (κ1) is 5.42. The van der Waals surface area contributed by atoms with Gasteiger partial charge in [0.1, 0.15) is 0 Å². The third kappa shape index (κ3) is 1.12. The van der Waals surface area contributed by atoms with Crippen molar-refractivity contribution in [3.8, 4) is 0 Å². The first-order chi connectivity index (χ1) is 3.79. The van der Waals surface area contributed by atoms with Gasteiger partial charge >= 0.3 is 0 Å². The van der Waals surface area contributed by atoms with Crippen molar-refractivity contribution in [2.75, 3.05) is 0 Å². The molecular formula is C7H11N. The summed E-state index contributed by atoms with van der Waals surface area (Å²) in [5.41, 5.74) is 1.34. The minimum absolute atomic E-state index is 0.514. The second kappa shape index (κ2) is 2.03. The Morgan fingerprint density at radius 3 is 2.75 bits per heavy atom. The standard InChI is InChI=1S/C7H11N/c1-6-3-4-8-7(2)5-6/h3-5,7-8H,1-2H3. The Labute approximate surface area is 50.1 Å². The molecule has 1 rings (SSSR count). The number of hydrogen-bond acceptors (Lipinski definition) is 1. The average Bonchev–Trinajstić information content (AvgIpc) is 1.64. The quantitative estimate of drug-likeness (QED) is 0.496. The van der Waals surface area contributed by atoms with E-state index in [0.717, 1.165) is 0 Å². The fourth-order valence-electron chi connectivity index (χ4n) is 0.829. The molecule has 1 nitrogen and oxygen atoms in total. The van der Waals surface area contributed by atoms with Crippen molar-refractivity contribution in [2.24, 2.45) is 0 Å². The molecule has 1 unspecified atom stereocenters. The van der Waals surface area contributed by atoms with Gasteiger partial charge < -0.3 is 5.32 Å². The van der Waals surface area contributed by atoms with Crippen molar-refractivity contribution in [2.45, 2.75) is 19.9 Å². The van der Waals surface area contributed by atoms with Crippen LogP contribution in [-0.4, -0.2) is 6.04 Å². The maximum Gasteiger partial charge on any atom is 0.0416 e. The summed E-state index contributed by atoms with van der Waals surface area (Å²) in [7, 11) is 0. The lowest BCUT2D eigenvalue weighted by atomic mass is 10.1. The second-order valence-corrected chi connectivity index (χ2v) is 2.20. The summed E-state index contributed by atoms with van der Waals surface area (Å²) in [6.07, 6.45) is 6.25. The van der Waals surface area contributed by atoms with E-state index < -0.39 is 0 Å². The average molecular weight is 109 g/mol. The lowest BCUT2D eigenvalue weighted by molar-refractivity contribution is 0.753. The zero-order chi connectivity index (χ0) is 5.98. The van der Waals surface area contributed by atoms with Crippen molar-refractivity contribution in [1.29, 1.82) is 0 Å². The molecule has 0 aromatic heterocycles. The molecule has 1 aliphatic rings. The van der Waals surface area contributed by atoms with E-state index >= 15 is 0 Å². The minimum Gasteiger partial charge on any atom is -0.385 e. The van der Waals surface area contributed by atoms with Crippen molar-refractivity contribution < 1.29 is 0 Å². The van der Waals surface area contributed by atoms with Crippen molar-refractivity contribution in [1.82, 2.24) is 5.32 Å². The topological polar surface area (TPSA) is 12.0 Å². The molecule has 0 aliphatic carbocycles. The van der Waals surface area contributed by atoms with Gasteiger partial charge in [-0.25, -0.2) is 0 Å². The van der Waals surface area contributed by atoms with Crippen LogP contribution >= 0.6 is 0 Å². The molecule has 44 valence electrons. The minimum atomic E-state index is 0.514. The molecule has 1 atom stereocenters. The van der Waals surface area contributed by atoms with E-state index in [4.69, 9.17) is 0 Å². The van der Waals surface area contributed by atoms with E-state index in [1.54, 1.807) is 0 Å². The van der Waals surface area contributed by atoms with Crippen LogP contribution in [0.15, 0.2) is 23.9 Å². The van der Waals surface area contributed by atoms with Crippen LogP contribution in [-0.2, 0) is 0 Å². The zero-order valence-corrected chi connectivity index (χ0v) is 5.31. The van der Waals surface area contributed by atoms with Crippen molar-refractivity contribution >= 4 is 0 Å².